The van der Waals surface area contributed by atoms with Gasteiger partial charge in [0.15, 0.2) is 0 Å². The molecule has 2 saturated heterocycles. The molecular formula is C24H30N4O3. The molecule has 0 aliphatic carbocycles. The lowest BCUT2D eigenvalue weighted by Crippen LogP contribution is -2.46. The monoisotopic (exact) mass is 422 g/mol. The van der Waals surface area contributed by atoms with Crippen molar-refractivity contribution >= 4 is 23.3 Å². The number of piperidine rings is 1. The van der Waals surface area contributed by atoms with Crippen molar-refractivity contribution in [1.82, 2.24) is 10.6 Å². The van der Waals surface area contributed by atoms with Gasteiger partial charge in [-0.25, -0.2) is 4.79 Å². The number of carbonyl (C=O) groups is 2. The van der Waals surface area contributed by atoms with Crippen LogP contribution in [0.3, 0.4) is 0 Å². The Hall–Kier alpha value is -3.06. The molecule has 2 heterocycles. The first-order chi connectivity index (χ1) is 15.2. The van der Waals surface area contributed by atoms with E-state index in [1.165, 1.54) is 0 Å². The highest BCUT2D eigenvalue weighted by molar-refractivity contribution is 5.99. The molecular weight excluding hydrogens is 392 g/mol. The second kappa shape index (κ2) is 10.3. The molecule has 0 aromatic heterocycles. The number of anilines is 2. The van der Waals surface area contributed by atoms with Gasteiger partial charge < -0.3 is 25.6 Å². The number of hydrogen-bond donors (Lipinski definition) is 3. The van der Waals surface area contributed by atoms with Crippen LogP contribution in [0.4, 0.5) is 16.2 Å². The van der Waals surface area contributed by atoms with Crippen molar-refractivity contribution in [3.05, 3.63) is 60.2 Å². The summed E-state index contributed by atoms with van der Waals surface area (Å²) in [6.45, 7) is 2.90. The van der Waals surface area contributed by atoms with Crippen LogP contribution >= 0.6 is 0 Å². The van der Waals surface area contributed by atoms with Gasteiger partial charge in [-0.3, -0.25) is 4.79 Å². The van der Waals surface area contributed by atoms with Gasteiger partial charge >= 0.3 is 6.03 Å². The molecule has 2 aliphatic rings. The average Bonchev–Trinajstić information content (AvgIpc) is 3.32. The van der Waals surface area contributed by atoms with E-state index in [0.29, 0.717) is 12.1 Å². The van der Waals surface area contributed by atoms with Crippen LogP contribution < -0.4 is 20.9 Å². The van der Waals surface area contributed by atoms with Crippen molar-refractivity contribution in [3.8, 4) is 0 Å². The fraction of sp³-hybridized carbons (Fsp3) is 0.417. The smallest absolute Gasteiger partial charge is 0.319 e. The van der Waals surface area contributed by atoms with Gasteiger partial charge in [-0.05, 0) is 49.9 Å². The normalized spacial score (nSPS) is 19.1. The third-order valence-electron chi connectivity index (χ3n) is 5.87. The van der Waals surface area contributed by atoms with Crippen molar-refractivity contribution in [2.24, 2.45) is 0 Å². The summed E-state index contributed by atoms with van der Waals surface area (Å²) in [5.74, 6) is -0.0615. The highest BCUT2D eigenvalue weighted by atomic mass is 16.5. The van der Waals surface area contributed by atoms with Gasteiger partial charge in [0.05, 0.1) is 11.7 Å². The van der Waals surface area contributed by atoms with Crippen LogP contribution in [-0.4, -0.2) is 50.3 Å². The van der Waals surface area contributed by atoms with Crippen LogP contribution in [-0.2, 0) is 4.74 Å². The zero-order valence-electron chi connectivity index (χ0n) is 17.7. The van der Waals surface area contributed by atoms with E-state index >= 15 is 0 Å². The molecule has 0 saturated carbocycles. The van der Waals surface area contributed by atoms with E-state index in [-0.39, 0.29) is 24.1 Å². The van der Waals surface area contributed by atoms with Crippen LogP contribution in [0.5, 0.6) is 0 Å². The zero-order chi connectivity index (χ0) is 21.5. The molecule has 3 amide bonds. The molecule has 0 bridgehead atoms. The summed E-state index contributed by atoms with van der Waals surface area (Å²) >= 11 is 0. The van der Waals surface area contributed by atoms with Gasteiger partial charge in [0, 0.05) is 43.7 Å². The predicted octanol–water partition coefficient (Wildman–Crippen LogP) is 3.39. The maximum atomic E-state index is 12.8. The Bertz CT molecular complexity index is 875. The maximum absolute atomic E-state index is 12.8. The number of rotatable bonds is 6. The third-order valence-corrected chi connectivity index (χ3v) is 5.87. The van der Waals surface area contributed by atoms with E-state index < -0.39 is 0 Å². The lowest BCUT2D eigenvalue weighted by Gasteiger charge is -2.34. The summed E-state index contributed by atoms with van der Waals surface area (Å²) in [6.07, 6.45) is 3.84. The standard InChI is InChI=1S/C24H30N4O3/c29-23(25-17-20-9-6-16-31-20)21-10-4-5-11-22(21)28-14-12-19(13-15-28)27-24(30)26-18-7-2-1-3-8-18/h1-5,7-8,10-11,19-20H,6,9,12-17H2,(H,25,29)(H2,26,27,30). The number of urea groups is 1. The van der Waals surface area contributed by atoms with E-state index in [4.69, 9.17) is 4.74 Å². The molecule has 2 fully saturated rings. The molecule has 1 unspecified atom stereocenters. The van der Waals surface area contributed by atoms with Gasteiger partial charge in [-0.15, -0.1) is 0 Å². The number of amides is 3. The van der Waals surface area contributed by atoms with Crippen LogP contribution in [0.15, 0.2) is 54.6 Å². The van der Waals surface area contributed by atoms with Gasteiger partial charge in [0.1, 0.15) is 0 Å². The quantitative estimate of drug-likeness (QED) is 0.667. The van der Waals surface area contributed by atoms with Crippen molar-refractivity contribution in [1.29, 1.82) is 0 Å². The van der Waals surface area contributed by atoms with Crippen LogP contribution in [0.2, 0.25) is 0 Å². The Balaban J connectivity index is 1.29. The highest BCUT2D eigenvalue weighted by Gasteiger charge is 2.24. The Kier molecular flexibility index (Phi) is 7.04. The molecule has 164 valence electrons. The number of hydrogen-bond acceptors (Lipinski definition) is 4. The first-order valence-electron chi connectivity index (χ1n) is 11.1. The van der Waals surface area contributed by atoms with E-state index in [1.54, 1.807) is 0 Å². The highest BCUT2D eigenvalue weighted by Crippen LogP contribution is 2.24. The molecule has 2 aromatic carbocycles. The summed E-state index contributed by atoms with van der Waals surface area (Å²) < 4.78 is 5.60. The number of para-hydroxylation sites is 2. The average molecular weight is 423 g/mol. The van der Waals surface area contributed by atoms with Gasteiger partial charge in [0.2, 0.25) is 0 Å². The Morgan fingerprint density at radius 3 is 2.45 bits per heavy atom. The van der Waals surface area contributed by atoms with E-state index in [9.17, 15) is 9.59 Å². The number of benzene rings is 2. The van der Waals surface area contributed by atoms with Gasteiger partial charge in [-0.1, -0.05) is 30.3 Å². The molecule has 31 heavy (non-hydrogen) atoms. The minimum absolute atomic E-state index is 0.0615. The molecule has 2 aliphatic heterocycles. The summed E-state index contributed by atoms with van der Waals surface area (Å²) in [7, 11) is 0. The number of ether oxygens (including phenoxy) is 1. The van der Waals surface area contributed by atoms with Gasteiger partial charge in [-0.2, -0.15) is 0 Å². The summed E-state index contributed by atoms with van der Waals surface area (Å²) in [4.78, 5) is 27.3. The molecule has 7 nitrogen and oxygen atoms in total. The van der Waals surface area contributed by atoms with E-state index in [0.717, 1.165) is 56.8 Å². The van der Waals surface area contributed by atoms with Crippen LogP contribution in [0.1, 0.15) is 36.0 Å². The lowest BCUT2D eigenvalue weighted by atomic mass is 10.0. The van der Waals surface area contributed by atoms with Crippen molar-refractivity contribution in [2.45, 2.75) is 37.8 Å². The fourth-order valence-corrected chi connectivity index (χ4v) is 4.19. The van der Waals surface area contributed by atoms with Crippen molar-refractivity contribution in [3.63, 3.8) is 0 Å². The first-order valence-corrected chi connectivity index (χ1v) is 11.1. The zero-order valence-corrected chi connectivity index (χ0v) is 17.7. The molecule has 7 heteroatoms. The van der Waals surface area contributed by atoms with Crippen LogP contribution in [0.25, 0.3) is 0 Å². The molecule has 1 atom stereocenters. The number of nitrogens with one attached hydrogen (secondary N) is 3. The SMILES string of the molecule is O=C(Nc1ccccc1)NC1CCN(c2ccccc2C(=O)NCC2CCCO2)CC1. The molecule has 0 spiro atoms. The predicted molar refractivity (Wildman–Crippen MR) is 122 cm³/mol. The van der Waals surface area contributed by atoms with Crippen molar-refractivity contribution < 1.29 is 14.3 Å². The molecule has 4 rings (SSSR count). The third kappa shape index (κ3) is 5.76. The van der Waals surface area contributed by atoms with Crippen LogP contribution in [0, 0.1) is 0 Å². The molecule has 2 aromatic rings. The Morgan fingerprint density at radius 1 is 0.968 bits per heavy atom. The summed E-state index contributed by atoms with van der Waals surface area (Å²) in [5.41, 5.74) is 2.41. The number of carbonyl (C=O) groups excluding carboxylic acids is 2. The minimum Gasteiger partial charge on any atom is -0.376 e. The molecule has 3 N–H and O–H groups in total. The topological polar surface area (TPSA) is 82.7 Å². The van der Waals surface area contributed by atoms with E-state index in [2.05, 4.69) is 20.9 Å². The van der Waals surface area contributed by atoms with Crippen molar-refractivity contribution in [2.75, 3.05) is 36.5 Å². The van der Waals surface area contributed by atoms with Gasteiger partial charge in [0.25, 0.3) is 5.91 Å². The Labute approximate surface area is 183 Å². The minimum atomic E-state index is -0.182. The molecule has 0 radical (unpaired) electrons. The first kappa shape index (κ1) is 21.2. The second-order valence-corrected chi connectivity index (χ2v) is 8.09. The fourth-order valence-electron chi connectivity index (χ4n) is 4.19. The second-order valence-electron chi connectivity index (χ2n) is 8.09. The maximum Gasteiger partial charge on any atom is 0.319 e. The summed E-state index contributed by atoms with van der Waals surface area (Å²) in [6, 6.07) is 17.1. The lowest BCUT2D eigenvalue weighted by molar-refractivity contribution is 0.0858. The van der Waals surface area contributed by atoms with E-state index in [1.807, 2.05) is 54.6 Å². The number of nitrogens with zero attached hydrogens (tertiary/aromatic N) is 1. The summed E-state index contributed by atoms with van der Waals surface area (Å²) in [5, 5.41) is 8.95. The Morgan fingerprint density at radius 2 is 1.71 bits per heavy atom. The largest absolute Gasteiger partial charge is 0.376 e.